The highest BCUT2D eigenvalue weighted by Gasteiger charge is 2.59. The monoisotopic (exact) mass is 418 g/mol. The second-order valence-corrected chi connectivity index (χ2v) is 7.83. The van der Waals surface area contributed by atoms with Gasteiger partial charge in [0.2, 0.25) is 0 Å². The lowest BCUT2D eigenvalue weighted by Gasteiger charge is -2.14. The lowest BCUT2D eigenvalue weighted by atomic mass is 10.0. The van der Waals surface area contributed by atoms with Crippen LogP contribution >= 0.6 is 15.9 Å². The van der Waals surface area contributed by atoms with E-state index in [0.29, 0.717) is 12.1 Å². The molecule has 4 unspecified atom stereocenters. The number of rotatable bonds is 4. The summed E-state index contributed by atoms with van der Waals surface area (Å²) >= 11 is 3.53. The molecule has 0 amide bonds. The standard InChI is InChI=1S/C23H19BrN2O/c1-27-19-13-9-15(10-14-19)20-22-21(16-5-3-2-4-6-16)26(22)23(25-20)17-7-11-18(24)12-8-17/h2-14,21-23H,1H3. The Morgan fingerprint density at radius 2 is 1.52 bits per heavy atom. The summed E-state index contributed by atoms with van der Waals surface area (Å²) in [6.07, 6.45) is 0.0606. The number of hydrogen-bond acceptors (Lipinski definition) is 3. The third-order valence-electron chi connectivity index (χ3n) is 5.37. The Bertz CT molecular complexity index is 983. The molecule has 27 heavy (non-hydrogen) atoms. The Balaban J connectivity index is 1.54. The van der Waals surface area contributed by atoms with Crippen molar-refractivity contribution in [3.05, 3.63) is 100 Å². The zero-order valence-corrected chi connectivity index (χ0v) is 16.5. The van der Waals surface area contributed by atoms with Crippen LogP contribution in [0.2, 0.25) is 0 Å². The van der Waals surface area contributed by atoms with Crippen molar-refractivity contribution in [3.63, 3.8) is 0 Å². The maximum Gasteiger partial charge on any atom is 0.129 e. The molecule has 0 bridgehead atoms. The summed E-state index contributed by atoms with van der Waals surface area (Å²) in [6.45, 7) is 0. The fourth-order valence-electron chi connectivity index (χ4n) is 4.01. The summed E-state index contributed by atoms with van der Waals surface area (Å²) in [6, 6.07) is 28.2. The number of aliphatic imine (C=N–C) groups is 1. The first-order valence-electron chi connectivity index (χ1n) is 9.06. The summed E-state index contributed by atoms with van der Waals surface area (Å²) in [5.74, 6) is 0.870. The van der Waals surface area contributed by atoms with E-state index in [1.807, 2.05) is 12.1 Å². The number of fused-ring (bicyclic) bond motifs is 1. The van der Waals surface area contributed by atoms with Crippen LogP contribution < -0.4 is 4.74 Å². The number of hydrogen-bond donors (Lipinski definition) is 0. The molecule has 3 aromatic rings. The normalized spacial score (nSPS) is 25.6. The van der Waals surface area contributed by atoms with Gasteiger partial charge in [-0.05, 0) is 53.1 Å². The maximum absolute atomic E-state index is 5.31. The van der Waals surface area contributed by atoms with Crippen LogP contribution in [-0.4, -0.2) is 23.8 Å². The number of nitrogens with zero attached hydrogens (tertiary/aromatic N) is 2. The minimum absolute atomic E-state index is 0.0606. The fraction of sp³-hybridized carbons (Fsp3) is 0.174. The molecule has 2 heterocycles. The van der Waals surface area contributed by atoms with Crippen molar-refractivity contribution in [1.82, 2.24) is 4.90 Å². The minimum atomic E-state index is 0.0606. The van der Waals surface area contributed by atoms with Crippen LogP contribution in [0.1, 0.15) is 28.9 Å². The van der Waals surface area contributed by atoms with Crippen molar-refractivity contribution in [3.8, 4) is 5.75 Å². The molecule has 0 radical (unpaired) electrons. The van der Waals surface area contributed by atoms with Gasteiger partial charge in [-0.1, -0.05) is 58.4 Å². The van der Waals surface area contributed by atoms with Gasteiger partial charge in [0.15, 0.2) is 0 Å². The zero-order chi connectivity index (χ0) is 18.4. The van der Waals surface area contributed by atoms with E-state index in [-0.39, 0.29) is 6.17 Å². The molecule has 1 fully saturated rings. The molecule has 0 saturated carbocycles. The summed E-state index contributed by atoms with van der Waals surface area (Å²) in [4.78, 5) is 7.60. The van der Waals surface area contributed by atoms with Crippen molar-refractivity contribution in [2.75, 3.05) is 7.11 Å². The van der Waals surface area contributed by atoms with Crippen molar-refractivity contribution in [2.45, 2.75) is 18.2 Å². The van der Waals surface area contributed by atoms with Crippen molar-refractivity contribution < 1.29 is 4.74 Å². The second kappa shape index (κ2) is 6.63. The molecule has 0 aromatic heterocycles. The third kappa shape index (κ3) is 2.89. The van der Waals surface area contributed by atoms with E-state index < -0.39 is 0 Å². The number of halogens is 1. The molecular formula is C23H19BrN2O. The Hall–Kier alpha value is -2.43. The van der Waals surface area contributed by atoms with Gasteiger partial charge in [0.1, 0.15) is 11.9 Å². The lowest BCUT2D eigenvalue weighted by molar-refractivity contribution is 0.404. The molecule has 0 aliphatic carbocycles. The molecule has 4 atom stereocenters. The second-order valence-electron chi connectivity index (χ2n) is 6.92. The third-order valence-corrected chi connectivity index (χ3v) is 5.90. The smallest absolute Gasteiger partial charge is 0.129 e. The van der Waals surface area contributed by atoms with Gasteiger partial charge in [-0.3, -0.25) is 9.89 Å². The number of ether oxygens (including phenoxy) is 1. The minimum Gasteiger partial charge on any atom is -0.497 e. The molecule has 2 aliphatic rings. The van der Waals surface area contributed by atoms with Crippen LogP contribution in [0, 0.1) is 0 Å². The van der Waals surface area contributed by atoms with Gasteiger partial charge < -0.3 is 4.74 Å². The van der Waals surface area contributed by atoms with E-state index >= 15 is 0 Å². The van der Waals surface area contributed by atoms with Crippen LogP contribution in [0.25, 0.3) is 0 Å². The first-order valence-corrected chi connectivity index (χ1v) is 9.85. The number of methoxy groups -OCH3 is 1. The van der Waals surface area contributed by atoms with E-state index in [9.17, 15) is 0 Å². The van der Waals surface area contributed by atoms with Gasteiger partial charge in [-0.2, -0.15) is 0 Å². The van der Waals surface area contributed by atoms with Crippen LogP contribution in [-0.2, 0) is 0 Å². The van der Waals surface area contributed by atoms with Crippen LogP contribution in [0.5, 0.6) is 5.75 Å². The van der Waals surface area contributed by atoms with Gasteiger partial charge in [0, 0.05) is 4.47 Å². The molecule has 1 saturated heterocycles. The molecule has 4 heteroatoms. The molecule has 3 aromatic carbocycles. The van der Waals surface area contributed by atoms with Crippen molar-refractivity contribution >= 4 is 21.6 Å². The molecular weight excluding hydrogens is 400 g/mol. The van der Waals surface area contributed by atoms with Crippen LogP contribution in [0.4, 0.5) is 0 Å². The van der Waals surface area contributed by atoms with E-state index in [2.05, 4.69) is 87.6 Å². The van der Waals surface area contributed by atoms with Crippen LogP contribution in [0.15, 0.2) is 88.3 Å². The lowest BCUT2D eigenvalue weighted by Crippen LogP contribution is -2.08. The summed E-state index contributed by atoms with van der Waals surface area (Å²) in [5, 5.41) is 0. The fourth-order valence-corrected chi connectivity index (χ4v) is 4.28. The molecule has 2 aliphatic heterocycles. The Morgan fingerprint density at radius 3 is 2.19 bits per heavy atom. The first-order chi connectivity index (χ1) is 13.3. The Morgan fingerprint density at radius 1 is 0.815 bits per heavy atom. The highest BCUT2D eigenvalue weighted by atomic mass is 79.9. The van der Waals surface area contributed by atoms with Crippen molar-refractivity contribution in [1.29, 1.82) is 0 Å². The average Bonchev–Trinajstić information content (AvgIpc) is 3.34. The number of benzene rings is 3. The quantitative estimate of drug-likeness (QED) is 0.530. The van der Waals surface area contributed by atoms with Gasteiger partial charge in [0.05, 0.1) is 24.9 Å². The molecule has 3 nitrogen and oxygen atoms in total. The maximum atomic E-state index is 5.31. The zero-order valence-electron chi connectivity index (χ0n) is 14.9. The Kier molecular flexibility index (Phi) is 4.10. The van der Waals surface area contributed by atoms with Gasteiger partial charge in [0.25, 0.3) is 0 Å². The molecule has 0 N–H and O–H groups in total. The van der Waals surface area contributed by atoms with Gasteiger partial charge in [-0.15, -0.1) is 0 Å². The largest absolute Gasteiger partial charge is 0.497 e. The average molecular weight is 419 g/mol. The summed E-state index contributed by atoms with van der Waals surface area (Å²) < 4.78 is 6.39. The van der Waals surface area contributed by atoms with E-state index in [1.54, 1.807) is 7.11 Å². The van der Waals surface area contributed by atoms with Gasteiger partial charge >= 0.3 is 0 Å². The Labute approximate surface area is 167 Å². The van der Waals surface area contributed by atoms with Crippen molar-refractivity contribution in [2.24, 2.45) is 4.99 Å². The summed E-state index contributed by atoms with van der Waals surface area (Å²) in [5.41, 5.74) is 4.92. The van der Waals surface area contributed by atoms with Crippen LogP contribution in [0.3, 0.4) is 0 Å². The predicted octanol–water partition coefficient (Wildman–Crippen LogP) is 5.38. The first kappa shape index (κ1) is 16.7. The summed E-state index contributed by atoms with van der Waals surface area (Å²) in [7, 11) is 1.69. The molecule has 5 rings (SSSR count). The molecule has 0 spiro atoms. The van der Waals surface area contributed by atoms with Gasteiger partial charge in [-0.25, -0.2) is 0 Å². The van der Waals surface area contributed by atoms with E-state index in [4.69, 9.17) is 9.73 Å². The van der Waals surface area contributed by atoms with E-state index in [1.165, 1.54) is 22.4 Å². The SMILES string of the molecule is COc1ccc(C2=NC(c3ccc(Br)cc3)N3C2C3c2ccccc2)cc1. The predicted molar refractivity (Wildman–Crippen MR) is 111 cm³/mol. The highest BCUT2D eigenvalue weighted by Crippen LogP contribution is 2.55. The highest BCUT2D eigenvalue weighted by molar-refractivity contribution is 9.10. The van der Waals surface area contributed by atoms with E-state index in [0.717, 1.165) is 10.2 Å². The topological polar surface area (TPSA) is 24.6 Å². The molecule has 134 valence electrons.